The summed E-state index contributed by atoms with van der Waals surface area (Å²) in [5.74, 6) is 0.273. The molecule has 2 rings (SSSR count). The van der Waals surface area contributed by atoms with Gasteiger partial charge in [0.15, 0.2) is 18.1 Å². The van der Waals surface area contributed by atoms with Crippen molar-refractivity contribution in [3.8, 4) is 11.5 Å². The number of methoxy groups -OCH3 is 1. The summed E-state index contributed by atoms with van der Waals surface area (Å²) in [6, 6.07) is 14.4. The monoisotopic (exact) mass is 300 g/mol. The van der Waals surface area contributed by atoms with Gasteiger partial charge in [-0.25, -0.2) is 4.79 Å². The van der Waals surface area contributed by atoms with Gasteiger partial charge in [-0.05, 0) is 23.8 Å². The zero-order valence-electron chi connectivity index (χ0n) is 12.2. The number of hydrogen-bond acceptors (Lipinski definition) is 5. The summed E-state index contributed by atoms with van der Waals surface area (Å²) in [6.45, 7) is 0.108. The molecule has 2 aromatic rings. The van der Waals surface area contributed by atoms with Crippen molar-refractivity contribution in [2.24, 2.45) is 0 Å². The van der Waals surface area contributed by atoms with Crippen molar-refractivity contribution in [1.29, 1.82) is 0 Å². The molecule has 0 unspecified atom stereocenters. The Bertz CT molecular complexity index is 637. The predicted molar refractivity (Wildman–Crippen MR) is 80.1 cm³/mol. The highest BCUT2D eigenvalue weighted by Crippen LogP contribution is 2.28. The lowest BCUT2D eigenvalue weighted by atomic mass is 10.2. The van der Waals surface area contributed by atoms with Gasteiger partial charge in [-0.15, -0.1) is 0 Å². The van der Waals surface area contributed by atoms with E-state index in [-0.39, 0.29) is 6.61 Å². The molecule has 5 heteroatoms. The fourth-order valence-corrected chi connectivity index (χ4v) is 1.76. The maximum atomic E-state index is 11.2. The van der Waals surface area contributed by atoms with Crippen LogP contribution in [0.4, 0.5) is 0 Å². The topological polar surface area (TPSA) is 61.8 Å². The number of rotatable bonds is 7. The molecule has 0 heterocycles. The van der Waals surface area contributed by atoms with Crippen molar-refractivity contribution in [2.45, 2.75) is 6.61 Å². The molecule has 0 bridgehead atoms. The van der Waals surface area contributed by atoms with E-state index in [1.54, 1.807) is 12.1 Å². The Morgan fingerprint density at radius 3 is 2.50 bits per heavy atom. The largest absolute Gasteiger partial charge is 0.485 e. The summed E-state index contributed by atoms with van der Waals surface area (Å²) >= 11 is 0. The van der Waals surface area contributed by atoms with Gasteiger partial charge >= 0.3 is 5.97 Å². The van der Waals surface area contributed by atoms with E-state index in [2.05, 4.69) is 4.74 Å². The minimum absolute atomic E-state index is 0.249. The van der Waals surface area contributed by atoms with Crippen molar-refractivity contribution in [3.05, 3.63) is 59.7 Å². The maximum absolute atomic E-state index is 11.2. The van der Waals surface area contributed by atoms with Crippen LogP contribution in [0.3, 0.4) is 0 Å². The quantitative estimate of drug-likeness (QED) is 0.581. The van der Waals surface area contributed by atoms with Gasteiger partial charge in [0.2, 0.25) is 0 Å². The zero-order valence-corrected chi connectivity index (χ0v) is 12.2. The van der Waals surface area contributed by atoms with Gasteiger partial charge in [0.05, 0.1) is 7.11 Å². The standard InChI is InChI=1S/C17H16O5/c1-20-17(19)12-22-16-9-14(10-18)7-8-15(16)21-11-13-5-3-2-4-6-13/h2-10H,11-12H2,1H3. The van der Waals surface area contributed by atoms with Crippen molar-refractivity contribution >= 4 is 12.3 Å². The molecular weight excluding hydrogens is 284 g/mol. The van der Waals surface area contributed by atoms with Crippen LogP contribution in [0.15, 0.2) is 48.5 Å². The van der Waals surface area contributed by atoms with Gasteiger partial charge in [-0.2, -0.15) is 0 Å². The van der Waals surface area contributed by atoms with E-state index in [0.717, 1.165) is 5.56 Å². The average Bonchev–Trinajstić information content (AvgIpc) is 2.58. The van der Waals surface area contributed by atoms with Crippen LogP contribution in [0, 0.1) is 0 Å². The summed E-state index contributed by atoms with van der Waals surface area (Å²) in [6.07, 6.45) is 0.700. The van der Waals surface area contributed by atoms with E-state index >= 15 is 0 Å². The number of hydrogen-bond donors (Lipinski definition) is 0. The first-order chi connectivity index (χ1) is 10.7. The predicted octanol–water partition coefficient (Wildman–Crippen LogP) is 2.63. The molecule has 5 nitrogen and oxygen atoms in total. The Balaban J connectivity index is 2.11. The van der Waals surface area contributed by atoms with E-state index in [0.29, 0.717) is 30.0 Å². The fraction of sp³-hybridized carbons (Fsp3) is 0.176. The van der Waals surface area contributed by atoms with Crippen LogP contribution in [0.1, 0.15) is 15.9 Å². The lowest BCUT2D eigenvalue weighted by Gasteiger charge is -2.12. The second-order valence-corrected chi connectivity index (χ2v) is 4.46. The normalized spacial score (nSPS) is 9.86. The lowest BCUT2D eigenvalue weighted by Crippen LogP contribution is -2.13. The molecule has 0 aliphatic rings. The van der Waals surface area contributed by atoms with Gasteiger partial charge in [-0.1, -0.05) is 30.3 Å². The molecule has 0 spiro atoms. The molecular formula is C17H16O5. The highest BCUT2D eigenvalue weighted by Gasteiger charge is 2.10. The number of aldehydes is 1. The Morgan fingerprint density at radius 2 is 1.82 bits per heavy atom. The van der Waals surface area contributed by atoms with E-state index < -0.39 is 5.97 Å². The molecule has 0 N–H and O–H groups in total. The molecule has 0 aliphatic heterocycles. The van der Waals surface area contributed by atoms with E-state index in [9.17, 15) is 9.59 Å². The second kappa shape index (κ2) is 7.83. The molecule has 22 heavy (non-hydrogen) atoms. The molecule has 0 radical (unpaired) electrons. The van der Waals surface area contributed by atoms with Crippen LogP contribution in [0.25, 0.3) is 0 Å². The van der Waals surface area contributed by atoms with E-state index in [4.69, 9.17) is 9.47 Å². The molecule has 0 saturated heterocycles. The highest BCUT2D eigenvalue weighted by molar-refractivity contribution is 5.76. The Kier molecular flexibility index (Phi) is 5.54. The van der Waals surface area contributed by atoms with Crippen LogP contribution >= 0.6 is 0 Å². The minimum atomic E-state index is -0.509. The first-order valence-corrected chi connectivity index (χ1v) is 6.68. The van der Waals surface area contributed by atoms with Gasteiger partial charge in [0, 0.05) is 5.56 Å². The summed E-state index contributed by atoms with van der Waals surface area (Å²) in [7, 11) is 1.28. The number of benzene rings is 2. The Labute approximate surface area is 128 Å². The Morgan fingerprint density at radius 1 is 1.05 bits per heavy atom. The second-order valence-electron chi connectivity index (χ2n) is 4.46. The first-order valence-electron chi connectivity index (χ1n) is 6.68. The minimum Gasteiger partial charge on any atom is -0.485 e. The van der Waals surface area contributed by atoms with Crippen LogP contribution < -0.4 is 9.47 Å². The lowest BCUT2D eigenvalue weighted by molar-refractivity contribution is -0.142. The highest BCUT2D eigenvalue weighted by atomic mass is 16.6. The smallest absolute Gasteiger partial charge is 0.343 e. The number of carbonyl (C=O) groups excluding carboxylic acids is 2. The molecule has 0 amide bonds. The Hall–Kier alpha value is -2.82. The third-order valence-electron chi connectivity index (χ3n) is 2.91. The molecule has 114 valence electrons. The van der Waals surface area contributed by atoms with Gasteiger partial charge < -0.3 is 14.2 Å². The van der Waals surface area contributed by atoms with Gasteiger partial charge in [0.1, 0.15) is 12.9 Å². The molecule has 0 aliphatic carbocycles. The summed E-state index contributed by atoms with van der Waals surface area (Å²) < 4.78 is 15.6. The molecule has 0 atom stereocenters. The van der Waals surface area contributed by atoms with Crippen molar-refractivity contribution < 1.29 is 23.8 Å². The van der Waals surface area contributed by atoms with Crippen LogP contribution in [0.2, 0.25) is 0 Å². The molecule has 0 aromatic heterocycles. The van der Waals surface area contributed by atoms with Crippen molar-refractivity contribution in [3.63, 3.8) is 0 Å². The van der Waals surface area contributed by atoms with Crippen molar-refractivity contribution in [1.82, 2.24) is 0 Å². The fourth-order valence-electron chi connectivity index (χ4n) is 1.76. The number of carbonyl (C=O) groups is 2. The first kappa shape index (κ1) is 15.6. The third-order valence-corrected chi connectivity index (χ3v) is 2.91. The molecule has 0 saturated carbocycles. The number of esters is 1. The summed E-state index contributed by atoms with van der Waals surface area (Å²) in [5, 5.41) is 0. The van der Waals surface area contributed by atoms with Crippen LogP contribution in [0.5, 0.6) is 11.5 Å². The van der Waals surface area contributed by atoms with Gasteiger partial charge in [0.25, 0.3) is 0 Å². The van der Waals surface area contributed by atoms with Crippen molar-refractivity contribution in [2.75, 3.05) is 13.7 Å². The van der Waals surface area contributed by atoms with Gasteiger partial charge in [-0.3, -0.25) is 4.79 Å². The number of ether oxygens (including phenoxy) is 3. The third kappa shape index (κ3) is 4.34. The maximum Gasteiger partial charge on any atom is 0.343 e. The summed E-state index contributed by atoms with van der Waals surface area (Å²) in [4.78, 5) is 22.0. The average molecular weight is 300 g/mol. The van der Waals surface area contributed by atoms with Crippen LogP contribution in [-0.4, -0.2) is 26.0 Å². The van der Waals surface area contributed by atoms with Crippen LogP contribution in [-0.2, 0) is 16.1 Å². The zero-order chi connectivity index (χ0) is 15.8. The summed E-state index contributed by atoms with van der Waals surface area (Å²) in [5.41, 5.74) is 1.44. The molecule has 2 aromatic carbocycles. The molecule has 0 fully saturated rings. The van der Waals surface area contributed by atoms with E-state index in [1.807, 2.05) is 30.3 Å². The SMILES string of the molecule is COC(=O)COc1cc(C=O)ccc1OCc1ccccc1. The van der Waals surface area contributed by atoms with E-state index in [1.165, 1.54) is 13.2 Å².